The minimum absolute atomic E-state index is 0.0401. The van der Waals surface area contributed by atoms with Crippen LogP contribution in [0.3, 0.4) is 0 Å². The molecule has 11 nitrogen and oxygen atoms in total. The molecule has 0 saturated heterocycles. The van der Waals surface area contributed by atoms with Gasteiger partial charge >= 0.3 is 5.69 Å². The van der Waals surface area contributed by atoms with Crippen LogP contribution in [-0.4, -0.2) is 45.6 Å². The largest absolute Gasteiger partial charge is 0.312 e. The molecule has 0 fully saturated rings. The summed E-state index contributed by atoms with van der Waals surface area (Å²) in [5.41, 5.74) is 2.82. The summed E-state index contributed by atoms with van der Waals surface area (Å²) in [4.78, 5) is 10.7. The van der Waals surface area contributed by atoms with Gasteiger partial charge in [0.1, 0.15) is 11.4 Å². The molecule has 0 N–H and O–H groups in total. The van der Waals surface area contributed by atoms with Crippen molar-refractivity contribution in [3.05, 3.63) is 44.8 Å². The van der Waals surface area contributed by atoms with Crippen molar-refractivity contribution < 1.29 is 4.92 Å². The van der Waals surface area contributed by atoms with E-state index in [4.69, 9.17) is 0 Å². The highest BCUT2D eigenvalue weighted by atomic mass is 32.2. The van der Waals surface area contributed by atoms with Crippen LogP contribution in [0.2, 0.25) is 0 Å². The van der Waals surface area contributed by atoms with E-state index in [0.717, 1.165) is 11.3 Å². The lowest BCUT2D eigenvalue weighted by molar-refractivity contribution is -0.386. The molecule has 0 radical (unpaired) electrons. The third-order valence-corrected chi connectivity index (χ3v) is 5.08. The molecule has 3 rings (SSSR count). The van der Waals surface area contributed by atoms with E-state index in [1.54, 1.807) is 47.2 Å². The molecule has 3 aromatic rings. The zero-order valence-electron chi connectivity index (χ0n) is 15.6. The Morgan fingerprint density at radius 3 is 2.59 bits per heavy atom. The summed E-state index contributed by atoms with van der Waals surface area (Å²) in [6, 6.07) is 0. The first-order chi connectivity index (χ1) is 12.8. The fourth-order valence-corrected chi connectivity index (χ4v) is 3.41. The summed E-state index contributed by atoms with van der Waals surface area (Å²) in [5.74, 6) is 0.995. The van der Waals surface area contributed by atoms with Crippen molar-refractivity contribution in [2.75, 3.05) is 0 Å². The molecular weight excluding hydrogens is 370 g/mol. The average Bonchev–Trinajstić information content (AvgIpc) is 3.21. The van der Waals surface area contributed by atoms with E-state index >= 15 is 0 Å². The van der Waals surface area contributed by atoms with Crippen LogP contribution in [0, 0.1) is 37.8 Å². The second-order valence-corrected chi connectivity index (χ2v) is 6.86. The molecule has 0 amide bonds. The summed E-state index contributed by atoms with van der Waals surface area (Å²) in [6.45, 7) is 7.06. The average molecular weight is 389 g/mol. The van der Waals surface area contributed by atoms with Gasteiger partial charge in [0, 0.05) is 18.3 Å². The van der Waals surface area contributed by atoms with E-state index in [1.807, 2.05) is 14.0 Å². The third-order valence-electron chi connectivity index (χ3n) is 4.20. The van der Waals surface area contributed by atoms with Crippen molar-refractivity contribution in [1.82, 2.24) is 34.4 Å². The van der Waals surface area contributed by atoms with Crippen molar-refractivity contribution in [3.63, 3.8) is 0 Å². The van der Waals surface area contributed by atoms with Crippen LogP contribution in [0.25, 0.3) is 0 Å². The molecule has 0 aliphatic carbocycles. The molecule has 27 heavy (non-hydrogen) atoms. The summed E-state index contributed by atoms with van der Waals surface area (Å²) >= 11 is 1.35. The molecule has 3 aromatic heterocycles. The van der Waals surface area contributed by atoms with Crippen molar-refractivity contribution in [2.24, 2.45) is 12.1 Å². The number of nitro groups is 1. The number of hydrogen-bond acceptors (Lipinski definition) is 8. The maximum Gasteiger partial charge on any atom is 0.312 e. The molecule has 0 aromatic carbocycles. The van der Waals surface area contributed by atoms with Crippen molar-refractivity contribution in [1.29, 1.82) is 0 Å². The van der Waals surface area contributed by atoms with E-state index in [9.17, 15) is 10.1 Å². The second kappa shape index (κ2) is 7.31. The Bertz CT molecular complexity index is 1030. The Morgan fingerprint density at radius 2 is 2.00 bits per heavy atom. The highest BCUT2D eigenvalue weighted by Crippen LogP contribution is 2.25. The van der Waals surface area contributed by atoms with Crippen molar-refractivity contribution in [2.45, 2.75) is 38.7 Å². The Hall–Kier alpha value is -3.02. The molecule has 0 atom stereocenters. The van der Waals surface area contributed by atoms with Crippen LogP contribution in [0.4, 0.5) is 5.69 Å². The highest BCUT2D eigenvalue weighted by molar-refractivity contribution is 7.98. The minimum atomic E-state index is -0.411. The number of nitrogens with zero attached hydrogens (tertiary/aromatic N) is 9. The normalized spacial score (nSPS) is 11.6. The lowest BCUT2D eigenvalue weighted by Crippen LogP contribution is -2.02. The molecule has 0 saturated carbocycles. The standard InChI is InChI=1S/C15H19N9O2S/c1-9-14(24(25)26)11(3)22(20-9)8-27-15-19-18-12(4)23(15)17-7-13-6-16-21(5)10(13)2/h6-7H,8H2,1-5H3. The predicted octanol–water partition coefficient (Wildman–Crippen LogP) is 1.98. The number of aryl methyl sites for hydroxylation is 3. The Kier molecular flexibility index (Phi) is 5.08. The van der Waals surface area contributed by atoms with Gasteiger partial charge in [-0.15, -0.1) is 10.2 Å². The van der Waals surface area contributed by atoms with E-state index in [0.29, 0.717) is 28.2 Å². The summed E-state index contributed by atoms with van der Waals surface area (Å²) < 4.78 is 4.98. The quantitative estimate of drug-likeness (QED) is 0.273. The summed E-state index contributed by atoms with van der Waals surface area (Å²) in [7, 11) is 1.87. The lowest BCUT2D eigenvalue weighted by atomic mass is 10.3. The second-order valence-electron chi connectivity index (χ2n) is 5.94. The molecule has 0 bridgehead atoms. The first-order valence-electron chi connectivity index (χ1n) is 8.05. The Morgan fingerprint density at radius 1 is 1.26 bits per heavy atom. The molecule has 0 unspecified atom stereocenters. The molecule has 3 heterocycles. The maximum absolute atomic E-state index is 11.1. The SMILES string of the molecule is Cc1nn(CSc2nnc(C)n2N=Cc2cnn(C)c2C)c(C)c1[N+](=O)[O-]. The van der Waals surface area contributed by atoms with Crippen LogP contribution in [0.15, 0.2) is 16.5 Å². The first kappa shape index (κ1) is 18.8. The molecule has 142 valence electrons. The number of aromatic nitrogens is 7. The molecule has 0 aliphatic rings. The highest BCUT2D eigenvalue weighted by Gasteiger charge is 2.22. The molecule has 0 aliphatic heterocycles. The zero-order valence-corrected chi connectivity index (χ0v) is 16.4. The monoisotopic (exact) mass is 389 g/mol. The third kappa shape index (κ3) is 3.60. The van der Waals surface area contributed by atoms with Gasteiger partial charge in [0.2, 0.25) is 5.16 Å². The first-order valence-corrected chi connectivity index (χ1v) is 9.04. The number of thioether (sulfide) groups is 1. The molecular formula is C15H19N9O2S. The van der Waals surface area contributed by atoms with Crippen LogP contribution in [0.1, 0.15) is 28.5 Å². The smallest absolute Gasteiger partial charge is 0.272 e. The van der Waals surface area contributed by atoms with Gasteiger partial charge in [0.05, 0.1) is 23.2 Å². The van der Waals surface area contributed by atoms with Crippen LogP contribution < -0.4 is 0 Å². The number of rotatable bonds is 6. The van der Waals surface area contributed by atoms with Gasteiger partial charge in [0.25, 0.3) is 0 Å². The van der Waals surface area contributed by atoms with E-state index < -0.39 is 4.92 Å². The Labute approximate surface area is 159 Å². The van der Waals surface area contributed by atoms with Gasteiger partial charge < -0.3 is 0 Å². The van der Waals surface area contributed by atoms with E-state index in [1.165, 1.54) is 11.8 Å². The van der Waals surface area contributed by atoms with Gasteiger partial charge in [0.15, 0.2) is 5.82 Å². The maximum atomic E-state index is 11.1. The summed E-state index contributed by atoms with van der Waals surface area (Å²) in [6.07, 6.45) is 3.44. The zero-order chi connectivity index (χ0) is 19.7. The van der Waals surface area contributed by atoms with Gasteiger partial charge in [-0.25, -0.2) is 0 Å². The minimum Gasteiger partial charge on any atom is -0.272 e. The fourth-order valence-electron chi connectivity index (χ4n) is 2.52. The predicted molar refractivity (Wildman–Crippen MR) is 99.9 cm³/mol. The van der Waals surface area contributed by atoms with Crippen LogP contribution in [-0.2, 0) is 12.9 Å². The number of hydrogen-bond donors (Lipinski definition) is 0. The lowest BCUT2D eigenvalue weighted by Gasteiger charge is -2.04. The fraction of sp³-hybridized carbons (Fsp3) is 0.400. The van der Waals surface area contributed by atoms with E-state index in [2.05, 4.69) is 25.5 Å². The summed E-state index contributed by atoms with van der Waals surface area (Å²) in [5, 5.41) is 32.8. The molecule has 12 heteroatoms. The van der Waals surface area contributed by atoms with E-state index in [-0.39, 0.29) is 5.69 Å². The Balaban J connectivity index is 1.81. The van der Waals surface area contributed by atoms with Gasteiger partial charge in [-0.1, -0.05) is 11.8 Å². The van der Waals surface area contributed by atoms with Crippen molar-refractivity contribution >= 4 is 23.7 Å². The van der Waals surface area contributed by atoms with Gasteiger partial charge in [-0.2, -0.15) is 20.0 Å². The topological polar surface area (TPSA) is 122 Å². The van der Waals surface area contributed by atoms with Gasteiger partial charge in [-0.3, -0.25) is 19.5 Å². The van der Waals surface area contributed by atoms with Crippen LogP contribution >= 0.6 is 11.8 Å². The van der Waals surface area contributed by atoms with Crippen LogP contribution in [0.5, 0.6) is 0 Å². The van der Waals surface area contributed by atoms with Gasteiger partial charge in [-0.05, 0) is 27.7 Å². The molecule has 0 spiro atoms. The van der Waals surface area contributed by atoms with Crippen molar-refractivity contribution in [3.8, 4) is 0 Å².